The molecule has 0 radical (unpaired) electrons. The Morgan fingerprint density at radius 2 is 2.11 bits per heavy atom. The first kappa shape index (κ1) is 12.2. The van der Waals surface area contributed by atoms with Crippen molar-refractivity contribution >= 4 is 22.3 Å². The van der Waals surface area contributed by atoms with Gasteiger partial charge in [-0.1, -0.05) is 12.1 Å². The van der Waals surface area contributed by atoms with Crippen molar-refractivity contribution in [3.8, 4) is 0 Å². The van der Waals surface area contributed by atoms with Gasteiger partial charge in [-0.15, -0.1) is 0 Å². The van der Waals surface area contributed by atoms with Crippen LogP contribution in [0.5, 0.6) is 0 Å². The third-order valence-electron chi connectivity index (χ3n) is 3.69. The number of hydrogen-bond donors (Lipinski definition) is 2. The molecule has 100 valence electrons. The van der Waals surface area contributed by atoms with E-state index in [1.165, 1.54) is 17.2 Å². The molecule has 1 aliphatic rings. The normalized spacial score (nSPS) is 16.4. The molecule has 3 rings (SSSR count). The molecule has 4 nitrogen and oxygen atoms in total. The van der Waals surface area contributed by atoms with E-state index in [9.17, 15) is 0 Å². The third-order valence-corrected chi connectivity index (χ3v) is 3.69. The minimum absolute atomic E-state index is 1.02. The van der Waals surface area contributed by atoms with Crippen molar-refractivity contribution in [3.63, 3.8) is 0 Å². The highest BCUT2D eigenvalue weighted by molar-refractivity contribution is 6.00. The summed E-state index contributed by atoms with van der Waals surface area (Å²) in [6.45, 7) is 4.23. The molecule has 1 fully saturated rings. The number of nitrogens with zero attached hydrogens (tertiary/aromatic N) is 2. The van der Waals surface area contributed by atoms with E-state index in [1.807, 2.05) is 13.2 Å². The van der Waals surface area contributed by atoms with E-state index in [4.69, 9.17) is 0 Å². The van der Waals surface area contributed by atoms with Crippen molar-refractivity contribution in [3.05, 3.63) is 30.5 Å². The van der Waals surface area contributed by atoms with Gasteiger partial charge < -0.3 is 15.5 Å². The molecule has 0 saturated carbocycles. The third kappa shape index (κ3) is 2.36. The molecule has 1 saturated heterocycles. The first-order valence-corrected chi connectivity index (χ1v) is 6.91. The second-order valence-corrected chi connectivity index (χ2v) is 4.88. The number of benzene rings is 1. The molecular weight excluding hydrogens is 236 g/mol. The predicted octanol–water partition coefficient (Wildman–Crippen LogP) is 2.08. The van der Waals surface area contributed by atoms with Gasteiger partial charge in [0, 0.05) is 49.3 Å². The zero-order valence-electron chi connectivity index (χ0n) is 11.3. The molecule has 1 aromatic heterocycles. The summed E-state index contributed by atoms with van der Waals surface area (Å²) >= 11 is 0. The molecule has 2 aromatic rings. The van der Waals surface area contributed by atoms with Crippen LogP contribution in [0.2, 0.25) is 0 Å². The summed E-state index contributed by atoms with van der Waals surface area (Å²) in [5.74, 6) is 1.11. The van der Waals surface area contributed by atoms with Crippen LogP contribution in [-0.2, 0) is 0 Å². The first-order valence-electron chi connectivity index (χ1n) is 6.91. The number of anilines is 2. The van der Waals surface area contributed by atoms with E-state index >= 15 is 0 Å². The zero-order valence-corrected chi connectivity index (χ0v) is 11.3. The molecule has 19 heavy (non-hydrogen) atoms. The lowest BCUT2D eigenvalue weighted by Gasteiger charge is -2.23. The monoisotopic (exact) mass is 256 g/mol. The van der Waals surface area contributed by atoms with Crippen LogP contribution in [-0.4, -0.2) is 38.2 Å². The highest BCUT2D eigenvalue weighted by Gasteiger charge is 2.14. The standard InChI is InChI=1S/C15H20N4/c1-16-14-5-2-4-13-12(14)6-8-18-15(13)19-10-3-7-17-9-11-19/h2,4-6,8,16-17H,3,7,9-11H2,1H3. The lowest BCUT2D eigenvalue weighted by atomic mass is 10.1. The van der Waals surface area contributed by atoms with Crippen molar-refractivity contribution in [1.82, 2.24) is 10.3 Å². The highest BCUT2D eigenvalue weighted by Crippen LogP contribution is 2.29. The van der Waals surface area contributed by atoms with E-state index in [2.05, 4.69) is 44.8 Å². The average molecular weight is 256 g/mol. The smallest absolute Gasteiger partial charge is 0.136 e. The van der Waals surface area contributed by atoms with Gasteiger partial charge in [-0.3, -0.25) is 0 Å². The first-order chi connectivity index (χ1) is 9.40. The fourth-order valence-corrected chi connectivity index (χ4v) is 2.72. The maximum atomic E-state index is 4.62. The van der Waals surface area contributed by atoms with Crippen LogP contribution in [0.15, 0.2) is 30.5 Å². The summed E-state index contributed by atoms with van der Waals surface area (Å²) in [4.78, 5) is 7.01. The van der Waals surface area contributed by atoms with Gasteiger partial charge in [0.15, 0.2) is 0 Å². The van der Waals surface area contributed by atoms with Crippen molar-refractivity contribution in [2.75, 3.05) is 43.4 Å². The summed E-state index contributed by atoms with van der Waals surface area (Å²) in [6.07, 6.45) is 3.08. The van der Waals surface area contributed by atoms with Crippen LogP contribution in [0.4, 0.5) is 11.5 Å². The Hall–Kier alpha value is -1.81. The van der Waals surface area contributed by atoms with E-state index < -0.39 is 0 Å². The van der Waals surface area contributed by atoms with Gasteiger partial charge in [-0.25, -0.2) is 4.98 Å². The van der Waals surface area contributed by atoms with E-state index in [0.29, 0.717) is 0 Å². The maximum Gasteiger partial charge on any atom is 0.136 e. The number of aromatic nitrogens is 1. The van der Waals surface area contributed by atoms with Crippen molar-refractivity contribution in [2.45, 2.75) is 6.42 Å². The number of nitrogens with one attached hydrogen (secondary N) is 2. The Morgan fingerprint density at radius 3 is 3.00 bits per heavy atom. The van der Waals surface area contributed by atoms with Crippen molar-refractivity contribution in [1.29, 1.82) is 0 Å². The molecule has 0 spiro atoms. The van der Waals surface area contributed by atoms with E-state index in [0.717, 1.165) is 37.7 Å². The summed E-state index contributed by atoms with van der Waals surface area (Å²) in [5, 5.41) is 9.17. The molecule has 0 aliphatic carbocycles. The minimum Gasteiger partial charge on any atom is -0.388 e. The maximum absolute atomic E-state index is 4.62. The van der Waals surface area contributed by atoms with Gasteiger partial charge in [0.25, 0.3) is 0 Å². The quantitative estimate of drug-likeness (QED) is 0.863. The molecule has 1 aliphatic heterocycles. The molecule has 0 unspecified atom stereocenters. The molecule has 2 heterocycles. The Kier molecular flexibility index (Phi) is 3.51. The fraction of sp³-hybridized carbons (Fsp3) is 0.400. The number of fused-ring (bicyclic) bond motifs is 1. The van der Waals surface area contributed by atoms with Gasteiger partial charge >= 0.3 is 0 Å². The van der Waals surface area contributed by atoms with Gasteiger partial charge in [-0.2, -0.15) is 0 Å². The second-order valence-electron chi connectivity index (χ2n) is 4.88. The fourth-order valence-electron chi connectivity index (χ4n) is 2.72. The number of pyridine rings is 1. The largest absolute Gasteiger partial charge is 0.388 e. The van der Waals surface area contributed by atoms with Crippen molar-refractivity contribution < 1.29 is 0 Å². The average Bonchev–Trinajstić information content (AvgIpc) is 2.75. The zero-order chi connectivity index (χ0) is 13.1. The second kappa shape index (κ2) is 5.45. The molecular formula is C15H20N4. The minimum atomic E-state index is 1.02. The van der Waals surface area contributed by atoms with Crippen LogP contribution in [0.25, 0.3) is 10.8 Å². The summed E-state index contributed by atoms with van der Waals surface area (Å²) in [6, 6.07) is 8.45. The highest BCUT2D eigenvalue weighted by atomic mass is 15.2. The van der Waals surface area contributed by atoms with Crippen LogP contribution in [0.3, 0.4) is 0 Å². The Balaban J connectivity index is 2.07. The van der Waals surface area contributed by atoms with Crippen LogP contribution in [0, 0.1) is 0 Å². The van der Waals surface area contributed by atoms with Gasteiger partial charge in [0.05, 0.1) is 0 Å². The van der Waals surface area contributed by atoms with E-state index in [-0.39, 0.29) is 0 Å². The Bertz CT molecular complexity index is 559. The molecule has 2 N–H and O–H groups in total. The number of rotatable bonds is 2. The Labute approximate surface area is 113 Å². The van der Waals surface area contributed by atoms with E-state index in [1.54, 1.807) is 0 Å². The molecule has 0 atom stereocenters. The summed E-state index contributed by atoms with van der Waals surface area (Å²) in [7, 11) is 1.96. The van der Waals surface area contributed by atoms with Gasteiger partial charge in [0.1, 0.15) is 5.82 Å². The number of hydrogen-bond acceptors (Lipinski definition) is 4. The van der Waals surface area contributed by atoms with Crippen LogP contribution in [0.1, 0.15) is 6.42 Å². The van der Waals surface area contributed by atoms with Crippen molar-refractivity contribution in [2.24, 2.45) is 0 Å². The lowest BCUT2D eigenvalue weighted by molar-refractivity contribution is 0.724. The molecule has 0 amide bonds. The van der Waals surface area contributed by atoms with Crippen LogP contribution < -0.4 is 15.5 Å². The summed E-state index contributed by atoms with van der Waals surface area (Å²) < 4.78 is 0. The predicted molar refractivity (Wildman–Crippen MR) is 81.0 cm³/mol. The molecule has 1 aromatic carbocycles. The SMILES string of the molecule is CNc1cccc2c(N3CCCNCC3)nccc12. The Morgan fingerprint density at radius 1 is 1.16 bits per heavy atom. The summed E-state index contributed by atoms with van der Waals surface area (Å²) in [5.41, 5.74) is 1.16. The van der Waals surface area contributed by atoms with Crippen LogP contribution >= 0.6 is 0 Å². The topological polar surface area (TPSA) is 40.2 Å². The van der Waals surface area contributed by atoms with Gasteiger partial charge in [0.2, 0.25) is 0 Å². The lowest BCUT2D eigenvalue weighted by Crippen LogP contribution is -2.28. The van der Waals surface area contributed by atoms with Gasteiger partial charge in [-0.05, 0) is 25.1 Å². The molecule has 0 bridgehead atoms. The molecule has 4 heteroatoms.